The molecule has 2 heterocycles. The van der Waals surface area contributed by atoms with Crippen molar-refractivity contribution >= 4 is 47.2 Å². The van der Waals surface area contributed by atoms with Crippen molar-refractivity contribution in [2.45, 2.75) is 44.0 Å². The van der Waals surface area contributed by atoms with E-state index in [1.807, 2.05) is 121 Å². The number of nitrogens with one attached hydrogen (secondary N) is 2. The zero-order valence-corrected chi connectivity index (χ0v) is 25.4. The lowest BCUT2D eigenvalue weighted by molar-refractivity contribution is -0.127. The highest BCUT2D eigenvalue weighted by Gasteiger charge is 2.69. The van der Waals surface area contributed by atoms with Crippen LogP contribution in [0.25, 0.3) is 0 Å². The van der Waals surface area contributed by atoms with Crippen molar-refractivity contribution in [1.29, 1.82) is 0 Å². The Hall–Kier alpha value is -4.14. The van der Waals surface area contributed by atoms with Crippen LogP contribution in [0.5, 0.6) is 0 Å². The van der Waals surface area contributed by atoms with Gasteiger partial charge in [0.1, 0.15) is 9.49 Å². The standard InChI is InChI=1S/2C18H15NO2S/c2*20-16-15-11-14(12-7-3-1-4-8-12)18(15,17(21)19-16)22-13-9-5-2-6-10-13/h2*1-10,14-15H,11H2,(H,19,20,21)/t14-,15+,18-;14-,15-,18+/m01/s1. The number of rotatable bonds is 6. The smallest absolute Gasteiger partial charge is 0.244 e. The predicted octanol–water partition coefficient (Wildman–Crippen LogP) is 5.96. The Morgan fingerprint density at radius 3 is 1.09 bits per heavy atom. The van der Waals surface area contributed by atoms with Gasteiger partial charge in [0.25, 0.3) is 0 Å². The first-order valence-electron chi connectivity index (χ1n) is 14.7. The summed E-state index contributed by atoms with van der Waals surface area (Å²) in [7, 11) is 0. The van der Waals surface area contributed by atoms with E-state index < -0.39 is 9.49 Å². The first-order valence-corrected chi connectivity index (χ1v) is 16.4. The maximum absolute atomic E-state index is 12.6. The summed E-state index contributed by atoms with van der Waals surface area (Å²) in [5.74, 6) is -0.828. The van der Waals surface area contributed by atoms with E-state index in [0.29, 0.717) is 0 Å². The fraction of sp³-hybridized carbons (Fsp3) is 0.222. The molecule has 4 aromatic carbocycles. The van der Waals surface area contributed by atoms with Gasteiger partial charge in [-0.2, -0.15) is 0 Å². The third-order valence-corrected chi connectivity index (χ3v) is 12.5. The Labute approximate surface area is 264 Å². The molecular weight excluding hydrogens is 589 g/mol. The zero-order valence-electron chi connectivity index (χ0n) is 23.7. The Morgan fingerprint density at radius 1 is 0.455 bits per heavy atom. The van der Waals surface area contributed by atoms with E-state index in [1.165, 1.54) is 23.5 Å². The van der Waals surface area contributed by atoms with Crippen LogP contribution in [0.2, 0.25) is 0 Å². The van der Waals surface area contributed by atoms with Gasteiger partial charge in [0.2, 0.25) is 23.6 Å². The van der Waals surface area contributed by atoms with Gasteiger partial charge in [-0.05, 0) is 48.2 Å². The van der Waals surface area contributed by atoms with Crippen molar-refractivity contribution in [3.8, 4) is 0 Å². The Morgan fingerprint density at radius 2 is 0.773 bits per heavy atom. The average molecular weight is 619 g/mol. The third kappa shape index (κ3) is 4.59. The SMILES string of the molecule is O=C1NC(=O)[C@@]2(Sc3ccccc3)[C@@H]1C[C@@H]2c1ccccc1.O=C1NC(=O)[C@@]2(Sc3ccccc3)[C@@H]1C[C@H]2c1ccccc1. The van der Waals surface area contributed by atoms with Crippen LogP contribution in [0.15, 0.2) is 131 Å². The Balaban J connectivity index is 0.000000142. The van der Waals surface area contributed by atoms with Crippen LogP contribution in [0.1, 0.15) is 35.8 Å². The number of carbonyl (C=O) groups excluding carboxylic acids is 4. The molecule has 44 heavy (non-hydrogen) atoms. The molecule has 0 aromatic heterocycles. The van der Waals surface area contributed by atoms with Gasteiger partial charge in [0, 0.05) is 21.6 Å². The molecule has 2 aliphatic carbocycles. The maximum Gasteiger partial charge on any atom is 0.244 e. The molecule has 4 fully saturated rings. The van der Waals surface area contributed by atoms with E-state index in [-0.39, 0.29) is 47.3 Å². The summed E-state index contributed by atoms with van der Waals surface area (Å²) in [6.45, 7) is 0. The number of fused-ring (bicyclic) bond motifs is 2. The van der Waals surface area contributed by atoms with Crippen molar-refractivity contribution in [2.75, 3.05) is 0 Å². The lowest BCUT2D eigenvalue weighted by atomic mass is 9.62. The maximum atomic E-state index is 12.6. The van der Waals surface area contributed by atoms with Crippen LogP contribution in [0, 0.1) is 11.8 Å². The van der Waals surface area contributed by atoms with Gasteiger partial charge in [-0.1, -0.05) is 97.1 Å². The third-order valence-electron chi connectivity index (χ3n) is 9.29. The highest BCUT2D eigenvalue weighted by Crippen LogP contribution is 2.63. The molecule has 0 radical (unpaired) electrons. The molecule has 2 saturated heterocycles. The second kappa shape index (κ2) is 11.4. The molecule has 4 amide bonds. The molecule has 8 heteroatoms. The lowest BCUT2D eigenvalue weighted by Gasteiger charge is -2.48. The molecule has 6 atom stereocenters. The predicted molar refractivity (Wildman–Crippen MR) is 171 cm³/mol. The number of carbonyl (C=O) groups is 4. The van der Waals surface area contributed by atoms with Gasteiger partial charge in [0.15, 0.2) is 0 Å². The fourth-order valence-electron chi connectivity index (χ4n) is 7.05. The molecule has 0 unspecified atom stereocenters. The van der Waals surface area contributed by atoms with Gasteiger partial charge in [-0.3, -0.25) is 29.8 Å². The van der Waals surface area contributed by atoms with Crippen LogP contribution < -0.4 is 10.6 Å². The molecule has 0 spiro atoms. The molecule has 220 valence electrons. The summed E-state index contributed by atoms with van der Waals surface area (Å²) >= 11 is 3.06. The van der Waals surface area contributed by atoms with Crippen molar-refractivity contribution in [3.05, 3.63) is 132 Å². The van der Waals surface area contributed by atoms with Crippen molar-refractivity contribution in [2.24, 2.45) is 11.8 Å². The van der Waals surface area contributed by atoms with Crippen LogP contribution in [0.4, 0.5) is 0 Å². The minimum atomic E-state index is -0.695. The zero-order chi connectivity index (χ0) is 30.3. The molecule has 2 aliphatic heterocycles. The molecule has 4 aromatic rings. The van der Waals surface area contributed by atoms with E-state index in [4.69, 9.17) is 0 Å². The quantitative estimate of drug-likeness (QED) is 0.260. The highest BCUT2D eigenvalue weighted by molar-refractivity contribution is 8.02. The van der Waals surface area contributed by atoms with E-state index in [9.17, 15) is 19.2 Å². The minimum absolute atomic E-state index is 0.0790. The van der Waals surface area contributed by atoms with E-state index >= 15 is 0 Å². The van der Waals surface area contributed by atoms with Gasteiger partial charge in [-0.15, -0.1) is 23.5 Å². The van der Waals surface area contributed by atoms with Crippen molar-refractivity contribution in [1.82, 2.24) is 10.6 Å². The lowest BCUT2D eigenvalue weighted by Crippen LogP contribution is -2.54. The Kier molecular flexibility index (Phi) is 7.42. The van der Waals surface area contributed by atoms with Gasteiger partial charge < -0.3 is 0 Å². The number of benzene rings is 4. The summed E-state index contributed by atoms with van der Waals surface area (Å²) in [4.78, 5) is 51.4. The van der Waals surface area contributed by atoms with Gasteiger partial charge in [-0.25, -0.2) is 0 Å². The van der Waals surface area contributed by atoms with Crippen molar-refractivity contribution < 1.29 is 19.2 Å². The van der Waals surface area contributed by atoms with Gasteiger partial charge in [0.05, 0.1) is 11.8 Å². The van der Waals surface area contributed by atoms with Crippen LogP contribution in [0.3, 0.4) is 0 Å². The number of imide groups is 2. The highest BCUT2D eigenvalue weighted by atomic mass is 32.2. The van der Waals surface area contributed by atoms with E-state index in [0.717, 1.165) is 33.8 Å². The molecule has 6 nitrogen and oxygen atoms in total. The Bertz CT molecular complexity index is 1590. The number of thioether (sulfide) groups is 2. The number of hydrogen-bond acceptors (Lipinski definition) is 6. The molecular formula is C36H30N2O4S2. The summed E-state index contributed by atoms with van der Waals surface area (Å²) in [5, 5.41) is 5.08. The molecule has 2 saturated carbocycles. The van der Waals surface area contributed by atoms with Crippen molar-refractivity contribution in [3.63, 3.8) is 0 Å². The summed E-state index contributed by atoms with van der Waals surface area (Å²) < 4.78 is -1.39. The van der Waals surface area contributed by atoms with E-state index in [1.54, 1.807) is 0 Å². The first kappa shape index (κ1) is 28.6. The van der Waals surface area contributed by atoms with E-state index in [2.05, 4.69) is 10.6 Å². The summed E-state index contributed by atoms with van der Waals surface area (Å²) in [6.07, 6.45) is 1.48. The largest absolute Gasteiger partial charge is 0.295 e. The average Bonchev–Trinajstić information content (AvgIpc) is 3.32. The van der Waals surface area contributed by atoms with Crippen LogP contribution in [-0.4, -0.2) is 33.1 Å². The minimum Gasteiger partial charge on any atom is -0.295 e. The number of hydrogen-bond donors (Lipinski definition) is 2. The fourth-order valence-corrected chi connectivity index (χ4v) is 10.1. The molecule has 8 rings (SSSR count). The number of amides is 4. The normalized spacial score (nSPS) is 29.6. The summed E-state index contributed by atoms with van der Waals surface area (Å²) in [6, 6.07) is 39.8. The molecule has 0 bridgehead atoms. The second-order valence-electron chi connectivity index (χ2n) is 11.6. The van der Waals surface area contributed by atoms with Crippen LogP contribution >= 0.6 is 23.5 Å². The molecule has 4 aliphatic rings. The second-order valence-corrected chi connectivity index (χ2v) is 14.3. The summed E-state index contributed by atoms with van der Waals surface area (Å²) in [5.41, 5.74) is 2.26. The van der Waals surface area contributed by atoms with Crippen LogP contribution in [-0.2, 0) is 19.2 Å². The monoisotopic (exact) mass is 618 g/mol. The topological polar surface area (TPSA) is 92.3 Å². The first-order chi connectivity index (χ1) is 21.4. The van der Waals surface area contributed by atoms with Gasteiger partial charge >= 0.3 is 0 Å². The molecule has 2 N–H and O–H groups in total.